The van der Waals surface area contributed by atoms with Gasteiger partial charge >= 0.3 is 5.97 Å². The monoisotopic (exact) mass is 431 g/mol. The van der Waals surface area contributed by atoms with Crippen LogP contribution in [0.25, 0.3) is 0 Å². The van der Waals surface area contributed by atoms with Crippen LogP contribution in [0.15, 0.2) is 40.3 Å². The predicted molar refractivity (Wildman–Crippen MR) is 112 cm³/mol. The molecule has 0 bridgehead atoms. The highest BCUT2D eigenvalue weighted by atomic mass is 32.2. The van der Waals surface area contributed by atoms with Crippen molar-refractivity contribution in [1.29, 1.82) is 0 Å². The standard InChI is InChI=1S/C21H25N3O5S/c1-28-17-5-3-4-14(10-17)13-30-21-22-16(11-18(25)23-21)12-19(26)24-8-6-15(7-9-24)20(27)29-2/h3-5,10-11,15H,6-9,12-13H2,1-2H3,(H,22,23,25). The van der Waals surface area contributed by atoms with Crippen LogP contribution in [0.2, 0.25) is 0 Å². The number of methoxy groups -OCH3 is 2. The Morgan fingerprint density at radius 1 is 1.23 bits per heavy atom. The molecule has 1 N–H and O–H groups in total. The Morgan fingerprint density at radius 2 is 2.00 bits per heavy atom. The molecule has 0 aliphatic carbocycles. The number of amides is 1. The first kappa shape index (κ1) is 21.9. The first-order valence-corrected chi connectivity index (χ1v) is 10.7. The maximum Gasteiger partial charge on any atom is 0.308 e. The highest BCUT2D eigenvalue weighted by Crippen LogP contribution is 2.22. The number of nitrogens with zero attached hydrogens (tertiary/aromatic N) is 2. The number of ether oxygens (including phenoxy) is 2. The Kier molecular flexibility index (Phi) is 7.51. The molecule has 1 aliphatic heterocycles. The number of hydrogen-bond donors (Lipinski definition) is 1. The number of nitrogens with one attached hydrogen (secondary N) is 1. The molecule has 0 atom stereocenters. The van der Waals surface area contributed by atoms with E-state index in [0.717, 1.165) is 11.3 Å². The molecule has 0 radical (unpaired) electrons. The molecule has 3 rings (SSSR count). The molecule has 1 saturated heterocycles. The normalized spacial score (nSPS) is 14.4. The summed E-state index contributed by atoms with van der Waals surface area (Å²) in [6, 6.07) is 9.03. The highest BCUT2D eigenvalue weighted by molar-refractivity contribution is 7.98. The van der Waals surface area contributed by atoms with E-state index < -0.39 is 0 Å². The number of aromatic nitrogens is 2. The van der Waals surface area contributed by atoms with E-state index in [2.05, 4.69) is 9.97 Å². The number of carbonyl (C=O) groups excluding carboxylic acids is 2. The molecule has 0 spiro atoms. The van der Waals surface area contributed by atoms with Crippen molar-refractivity contribution in [3.8, 4) is 5.75 Å². The van der Waals surface area contributed by atoms with Crippen molar-refractivity contribution in [1.82, 2.24) is 14.9 Å². The van der Waals surface area contributed by atoms with Crippen molar-refractivity contribution in [3.63, 3.8) is 0 Å². The van der Waals surface area contributed by atoms with Crippen LogP contribution in [-0.2, 0) is 26.5 Å². The summed E-state index contributed by atoms with van der Waals surface area (Å²) < 4.78 is 10.00. The van der Waals surface area contributed by atoms with Gasteiger partial charge in [-0.1, -0.05) is 23.9 Å². The van der Waals surface area contributed by atoms with Crippen LogP contribution < -0.4 is 10.3 Å². The van der Waals surface area contributed by atoms with E-state index in [4.69, 9.17) is 9.47 Å². The maximum atomic E-state index is 12.6. The van der Waals surface area contributed by atoms with Gasteiger partial charge < -0.3 is 19.4 Å². The van der Waals surface area contributed by atoms with E-state index in [0.29, 0.717) is 42.5 Å². The summed E-state index contributed by atoms with van der Waals surface area (Å²) in [5.41, 5.74) is 1.19. The molecule has 2 heterocycles. The number of carbonyl (C=O) groups is 2. The lowest BCUT2D eigenvalue weighted by Crippen LogP contribution is -2.41. The Morgan fingerprint density at radius 3 is 2.70 bits per heavy atom. The third-order valence-corrected chi connectivity index (χ3v) is 5.94. The Hall–Kier alpha value is -2.81. The van der Waals surface area contributed by atoms with E-state index in [-0.39, 0.29) is 29.8 Å². The summed E-state index contributed by atoms with van der Waals surface area (Å²) in [7, 11) is 2.99. The highest BCUT2D eigenvalue weighted by Gasteiger charge is 2.28. The van der Waals surface area contributed by atoms with Gasteiger partial charge in [0.1, 0.15) is 5.75 Å². The van der Waals surface area contributed by atoms with Crippen LogP contribution in [0.5, 0.6) is 5.75 Å². The summed E-state index contributed by atoms with van der Waals surface area (Å²) in [5, 5.41) is 0.470. The van der Waals surface area contributed by atoms with Gasteiger partial charge in [0.15, 0.2) is 5.16 Å². The molecular formula is C21H25N3O5S. The van der Waals surface area contributed by atoms with Crippen LogP contribution in [0.3, 0.4) is 0 Å². The van der Waals surface area contributed by atoms with Gasteiger partial charge in [-0.2, -0.15) is 0 Å². The molecule has 0 saturated carbocycles. The molecular weight excluding hydrogens is 406 g/mol. The van der Waals surface area contributed by atoms with Crippen molar-refractivity contribution >= 4 is 23.6 Å². The molecule has 0 unspecified atom stereocenters. The zero-order chi connectivity index (χ0) is 21.5. The Labute approximate surface area is 179 Å². The molecule has 30 heavy (non-hydrogen) atoms. The molecule has 1 aromatic carbocycles. The number of thioether (sulfide) groups is 1. The van der Waals surface area contributed by atoms with Gasteiger partial charge in [0.05, 0.1) is 32.3 Å². The van der Waals surface area contributed by atoms with Crippen molar-refractivity contribution in [2.75, 3.05) is 27.3 Å². The topological polar surface area (TPSA) is 102 Å². The fourth-order valence-electron chi connectivity index (χ4n) is 3.35. The van der Waals surface area contributed by atoms with Gasteiger partial charge in [-0.3, -0.25) is 14.4 Å². The van der Waals surface area contributed by atoms with E-state index in [1.165, 1.54) is 24.9 Å². The fourth-order valence-corrected chi connectivity index (χ4v) is 4.19. The van der Waals surface area contributed by atoms with E-state index in [1.54, 1.807) is 12.0 Å². The van der Waals surface area contributed by atoms with E-state index in [9.17, 15) is 14.4 Å². The number of likely N-dealkylation sites (tertiary alicyclic amines) is 1. The number of benzene rings is 1. The number of H-pyrrole nitrogens is 1. The van der Waals surface area contributed by atoms with Crippen LogP contribution in [0, 0.1) is 5.92 Å². The largest absolute Gasteiger partial charge is 0.497 e. The van der Waals surface area contributed by atoms with Gasteiger partial charge in [-0.15, -0.1) is 0 Å². The lowest BCUT2D eigenvalue weighted by atomic mass is 9.97. The summed E-state index contributed by atoms with van der Waals surface area (Å²) in [5.74, 6) is 0.899. The van der Waals surface area contributed by atoms with Gasteiger partial charge in [-0.05, 0) is 30.5 Å². The maximum absolute atomic E-state index is 12.6. The van der Waals surface area contributed by atoms with E-state index >= 15 is 0 Å². The first-order valence-electron chi connectivity index (χ1n) is 9.70. The number of esters is 1. The van der Waals surface area contributed by atoms with Crippen molar-refractivity contribution in [2.45, 2.75) is 30.2 Å². The average Bonchev–Trinajstić information content (AvgIpc) is 2.77. The second-order valence-electron chi connectivity index (χ2n) is 7.04. The predicted octanol–water partition coefficient (Wildman–Crippen LogP) is 2.02. The summed E-state index contributed by atoms with van der Waals surface area (Å²) in [6.07, 6.45) is 1.23. The van der Waals surface area contributed by atoms with Crippen LogP contribution in [0.4, 0.5) is 0 Å². The number of piperidine rings is 1. The van der Waals surface area contributed by atoms with Crippen LogP contribution >= 0.6 is 11.8 Å². The molecule has 1 fully saturated rings. The lowest BCUT2D eigenvalue weighted by Gasteiger charge is -2.30. The number of rotatable bonds is 7. The number of hydrogen-bond acceptors (Lipinski definition) is 7. The fraction of sp³-hybridized carbons (Fsp3) is 0.429. The Bertz CT molecular complexity index is 954. The van der Waals surface area contributed by atoms with E-state index in [1.807, 2.05) is 24.3 Å². The van der Waals surface area contributed by atoms with Crippen molar-refractivity contribution in [3.05, 3.63) is 51.9 Å². The van der Waals surface area contributed by atoms with Crippen LogP contribution in [0.1, 0.15) is 24.1 Å². The second kappa shape index (κ2) is 10.3. The second-order valence-corrected chi connectivity index (χ2v) is 8.00. The molecule has 1 aromatic heterocycles. The average molecular weight is 432 g/mol. The van der Waals surface area contributed by atoms with Crippen molar-refractivity contribution < 1.29 is 19.1 Å². The number of aromatic amines is 1. The van der Waals surface area contributed by atoms with Gasteiger partial charge in [0.25, 0.3) is 5.56 Å². The van der Waals surface area contributed by atoms with Gasteiger partial charge in [-0.25, -0.2) is 4.98 Å². The summed E-state index contributed by atoms with van der Waals surface area (Å²) in [4.78, 5) is 45.1. The smallest absolute Gasteiger partial charge is 0.308 e. The lowest BCUT2D eigenvalue weighted by molar-refractivity contribution is -0.148. The summed E-state index contributed by atoms with van der Waals surface area (Å²) in [6.45, 7) is 0.998. The first-order chi connectivity index (χ1) is 14.5. The summed E-state index contributed by atoms with van der Waals surface area (Å²) >= 11 is 1.39. The van der Waals surface area contributed by atoms with Crippen LogP contribution in [-0.4, -0.2) is 54.1 Å². The zero-order valence-corrected chi connectivity index (χ0v) is 17.9. The van der Waals surface area contributed by atoms with Gasteiger partial charge in [0, 0.05) is 24.9 Å². The van der Waals surface area contributed by atoms with Crippen molar-refractivity contribution in [2.24, 2.45) is 5.92 Å². The molecule has 1 amide bonds. The molecule has 1 aliphatic rings. The SMILES string of the molecule is COC(=O)C1CCN(C(=O)Cc2cc(=O)[nH]c(SCc3cccc(OC)c3)n2)CC1. The molecule has 2 aromatic rings. The minimum absolute atomic E-state index is 0.0551. The third-order valence-electron chi connectivity index (χ3n) is 5.00. The Balaban J connectivity index is 1.59. The van der Waals surface area contributed by atoms with Gasteiger partial charge in [0.2, 0.25) is 5.91 Å². The molecule has 8 nitrogen and oxygen atoms in total. The minimum atomic E-state index is -0.287. The molecule has 9 heteroatoms. The molecule has 160 valence electrons. The quantitative estimate of drug-likeness (QED) is 0.407. The zero-order valence-electron chi connectivity index (χ0n) is 17.1. The minimum Gasteiger partial charge on any atom is -0.497 e. The third kappa shape index (κ3) is 5.85.